The van der Waals surface area contributed by atoms with Crippen LogP contribution in [-0.4, -0.2) is 11.6 Å². The van der Waals surface area contributed by atoms with Gasteiger partial charge in [-0.2, -0.15) is 5.10 Å². The largest absolute Gasteiger partial charge is 0.273 e. The maximum Gasteiger partial charge on any atom is 0.243 e. The fourth-order valence-corrected chi connectivity index (χ4v) is 3.30. The van der Waals surface area contributed by atoms with Gasteiger partial charge in [0.2, 0.25) is 5.91 Å². The molecule has 1 aliphatic rings. The molecule has 0 aromatic heterocycles. The molecule has 3 aromatic carbocycles. The number of allylic oxidation sites excluding steroid dienone is 1. The molecule has 1 N–H and O–H groups in total. The van der Waals surface area contributed by atoms with Crippen LogP contribution < -0.4 is 5.43 Å². The van der Waals surface area contributed by atoms with Gasteiger partial charge in [0.05, 0.1) is 5.71 Å². The van der Waals surface area contributed by atoms with Crippen LogP contribution in [0, 0.1) is 5.92 Å². The first-order valence-corrected chi connectivity index (χ1v) is 9.52. The normalized spacial score (nSPS) is 18.8. The Balaban J connectivity index is 1.48. The molecule has 4 rings (SSSR count). The van der Waals surface area contributed by atoms with Gasteiger partial charge in [0, 0.05) is 11.5 Å². The van der Waals surface area contributed by atoms with Gasteiger partial charge in [0.25, 0.3) is 0 Å². The van der Waals surface area contributed by atoms with Gasteiger partial charge in [-0.15, -0.1) is 0 Å². The minimum Gasteiger partial charge on any atom is -0.273 e. The fourth-order valence-electron chi connectivity index (χ4n) is 3.30. The maximum absolute atomic E-state index is 12.6. The standard InChI is InChI=1S/C25H22N2O/c28-25(23-18-22(23)20-12-6-2-7-13-20)27-26-24(21-14-8-3-9-15-21)17-16-19-10-4-1-5-11-19/h1-17,22-23H,18H2,(H,27,28)/b17-16+,26-24?/t22-,23+/m0/s1. The third kappa shape index (κ3) is 4.44. The summed E-state index contributed by atoms with van der Waals surface area (Å²) in [7, 11) is 0. The van der Waals surface area contributed by atoms with Crippen molar-refractivity contribution in [2.75, 3.05) is 0 Å². The summed E-state index contributed by atoms with van der Waals surface area (Å²) < 4.78 is 0. The van der Waals surface area contributed by atoms with Crippen molar-refractivity contribution in [2.24, 2.45) is 11.0 Å². The number of nitrogens with one attached hydrogen (secondary N) is 1. The topological polar surface area (TPSA) is 41.5 Å². The summed E-state index contributed by atoms with van der Waals surface area (Å²) in [5.41, 5.74) is 6.78. The summed E-state index contributed by atoms with van der Waals surface area (Å²) in [5, 5.41) is 4.43. The third-order valence-electron chi connectivity index (χ3n) is 4.94. The second-order valence-electron chi connectivity index (χ2n) is 6.94. The van der Waals surface area contributed by atoms with Gasteiger partial charge in [-0.1, -0.05) is 97.1 Å². The van der Waals surface area contributed by atoms with Crippen molar-refractivity contribution in [1.82, 2.24) is 5.43 Å². The Bertz CT molecular complexity index is 979. The average molecular weight is 366 g/mol. The van der Waals surface area contributed by atoms with Crippen LogP contribution in [0.2, 0.25) is 0 Å². The lowest BCUT2D eigenvalue weighted by atomic mass is 10.1. The lowest BCUT2D eigenvalue weighted by Crippen LogP contribution is -2.21. The van der Waals surface area contributed by atoms with Gasteiger partial charge in [0.1, 0.15) is 0 Å². The molecule has 3 aromatic rings. The number of benzene rings is 3. The smallest absolute Gasteiger partial charge is 0.243 e. The molecule has 0 radical (unpaired) electrons. The van der Waals surface area contributed by atoms with Gasteiger partial charge >= 0.3 is 0 Å². The molecular weight excluding hydrogens is 344 g/mol. The van der Waals surface area contributed by atoms with E-state index in [1.54, 1.807) is 0 Å². The van der Waals surface area contributed by atoms with Crippen LogP contribution in [-0.2, 0) is 4.79 Å². The van der Waals surface area contributed by atoms with E-state index in [1.807, 2.05) is 91.0 Å². The first-order valence-electron chi connectivity index (χ1n) is 9.52. The molecule has 138 valence electrons. The van der Waals surface area contributed by atoms with E-state index in [0.29, 0.717) is 5.92 Å². The molecule has 2 atom stereocenters. The molecule has 0 heterocycles. The minimum absolute atomic E-state index is 0.00118. The highest BCUT2D eigenvalue weighted by Gasteiger charge is 2.43. The van der Waals surface area contributed by atoms with Crippen molar-refractivity contribution in [1.29, 1.82) is 0 Å². The second kappa shape index (κ2) is 8.49. The Kier molecular flexibility index (Phi) is 5.43. The summed E-state index contributed by atoms with van der Waals surface area (Å²) in [6, 6.07) is 30.1. The van der Waals surface area contributed by atoms with Crippen LogP contribution in [0.4, 0.5) is 0 Å². The van der Waals surface area contributed by atoms with E-state index in [4.69, 9.17) is 0 Å². The summed E-state index contributed by atoms with van der Waals surface area (Å²) in [6.45, 7) is 0. The number of amides is 1. The van der Waals surface area contributed by atoms with E-state index in [1.165, 1.54) is 5.56 Å². The number of hydrogen-bond acceptors (Lipinski definition) is 2. The van der Waals surface area contributed by atoms with E-state index in [-0.39, 0.29) is 11.8 Å². The number of rotatable bonds is 6. The summed E-state index contributed by atoms with van der Waals surface area (Å²) >= 11 is 0. The summed E-state index contributed by atoms with van der Waals surface area (Å²) in [4.78, 5) is 12.6. The molecule has 3 nitrogen and oxygen atoms in total. The van der Waals surface area contributed by atoms with Gasteiger partial charge < -0.3 is 0 Å². The van der Waals surface area contributed by atoms with Crippen molar-refractivity contribution < 1.29 is 4.79 Å². The molecule has 0 spiro atoms. The van der Waals surface area contributed by atoms with E-state index < -0.39 is 0 Å². The highest BCUT2D eigenvalue weighted by molar-refractivity contribution is 6.11. The number of carbonyl (C=O) groups excluding carboxylic acids is 1. The highest BCUT2D eigenvalue weighted by Crippen LogP contribution is 2.47. The zero-order chi connectivity index (χ0) is 19.2. The monoisotopic (exact) mass is 366 g/mol. The molecule has 3 heteroatoms. The molecular formula is C25H22N2O. The zero-order valence-corrected chi connectivity index (χ0v) is 15.5. The van der Waals surface area contributed by atoms with Crippen LogP contribution in [0.25, 0.3) is 6.08 Å². The van der Waals surface area contributed by atoms with E-state index in [0.717, 1.165) is 23.3 Å². The fraction of sp³-hybridized carbons (Fsp3) is 0.120. The Morgan fingerprint density at radius 1 is 0.857 bits per heavy atom. The number of hydrazone groups is 1. The van der Waals surface area contributed by atoms with Crippen LogP contribution >= 0.6 is 0 Å². The lowest BCUT2D eigenvalue weighted by molar-refractivity contribution is -0.122. The van der Waals surface area contributed by atoms with Crippen molar-refractivity contribution >= 4 is 17.7 Å². The summed E-state index contributed by atoms with van der Waals surface area (Å²) in [6.07, 6.45) is 4.82. The first-order chi connectivity index (χ1) is 13.8. The maximum atomic E-state index is 12.6. The SMILES string of the molecule is O=C(NN=C(/C=C/c1ccccc1)c1ccccc1)[C@@H]1C[C@H]1c1ccccc1. The predicted molar refractivity (Wildman–Crippen MR) is 114 cm³/mol. The Morgan fingerprint density at radius 3 is 2.14 bits per heavy atom. The van der Waals surface area contributed by atoms with Crippen molar-refractivity contribution in [2.45, 2.75) is 12.3 Å². The molecule has 1 amide bonds. The highest BCUT2D eigenvalue weighted by atomic mass is 16.2. The van der Waals surface area contributed by atoms with Crippen molar-refractivity contribution in [3.8, 4) is 0 Å². The molecule has 0 bridgehead atoms. The Hall–Kier alpha value is -3.46. The van der Waals surface area contributed by atoms with Crippen LogP contribution in [0.5, 0.6) is 0 Å². The number of nitrogens with zero attached hydrogens (tertiary/aromatic N) is 1. The molecule has 0 aliphatic heterocycles. The van der Waals surface area contributed by atoms with Crippen molar-refractivity contribution in [3.05, 3.63) is 114 Å². The minimum atomic E-state index is -0.0182. The molecule has 0 saturated heterocycles. The van der Waals surface area contributed by atoms with Crippen LogP contribution in [0.15, 0.2) is 102 Å². The van der Waals surface area contributed by atoms with Gasteiger partial charge in [-0.3, -0.25) is 4.79 Å². The van der Waals surface area contributed by atoms with E-state index in [9.17, 15) is 4.79 Å². The molecule has 28 heavy (non-hydrogen) atoms. The Labute approximate surface area is 165 Å². The Morgan fingerprint density at radius 2 is 1.46 bits per heavy atom. The molecule has 1 fully saturated rings. The third-order valence-corrected chi connectivity index (χ3v) is 4.94. The molecule has 0 unspecified atom stereocenters. The number of carbonyl (C=O) groups is 1. The second-order valence-corrected chi connectivity index (χ2v) is 6.94. The lowest BCUT2D eigenvalue weighted by Gasteiger charge is -2.04. The van der Waals surface area contributed by atoms with Crippen LogP contribution in [0.3, 0.4) is 0 Å². The summed E-state index contributed by atoms with van der Waals surface area (Å²) in [5.74, 6) is 0.285. The van der Waals surface area contributed by atoms with Crippen molar-refractivity contribution in [3.63, 3.8) is 0 Å². The quantitative estimate of drug-likeness (QED) is 0.483. The molecule has 1 aliphatic carbocycles. The van der Waals surface area contributed by atoms with Gasteiger partial charge in [-0.05, 0) is 29.5 Å². The predicted octanol–water partition coefficient (Wildman–Crippen LogP) is 5.02. The van der Waals surface area contributed by atoms with E-state index in [2.05, 4.69) is 22.7 Å². The van der Waals surface area contributed by atoms with Gasteiger partial charge in [0.15, 0.2) is 0 Å². The van der Waals surface area contributed by atoms with Gasteiger partial charge in [-0.25, -0.2) is 5.43 Å². The van der Waals surface area contributed by atoms with Crippen LogP contribution in [0.1, 0.15) is 29.0 Å². The zero-order valence-electron chi connectivity index (χ0n) is 15.5. The first kappa shape index (κ1) is 17.9. The number of hydrogen-bond donors (Lipinski definition) is 1. The molecule has 1 saturated carbocycles. The van der Waals surface area contributed by atoms with E-state index >= 15 is 0 Å². The average Bonchev–Trinajstić information content (AvgIpc) is 3.57.